The van der Waals surface area contributed by atoms with E-state index < -0.39 is 17.5 Å². The number of ether oxygens (including phenoxy) is 1. The van der Waals surface area contributed by atoms with Crippen LogP contribution in [0.15, 0.2) is 60.7 Å². The number of carbonyl (C=O) groups excluding carboxylic acids is 2. The second-order valence-electron chi connectivity index (χ2n) is 6.02. The number of likely N-dealkylation sites (N-methyl/N-ethyl adjacent to an activating group) is 1. The maximum Gasteiger partial charge on any atom is 0.335 e. The van der Waals surface area contributed by atoms with Crippen molar-refractivity contribution in [2.24, 2.45) is 0 Å². The highest BCUT2D eigenvalue weighted by molar-refractivity contribution is 6.31. The zero-order chi connectivity index (χ0) is 17.1. The second kappa shape index (κ2) is 4.95. The van der Waals surface area contributed by atoms with Crippen LogP contribution in [0, 0.1) is 0 Å². The molecule has 2 aliphatic rings. The number of esters is 1. The molecule has 0 unspecified atom stereocenters. The fourth-order valence-electron chi connectivity index (χ4n) is 3.66. The summed E-state index contributed by atoms with van der Waals surface area (Å²) in [6.45, 7) is 3.89. The standard InChI is InChI=1S/C19H14ClNO3/c1-11-16(12-6-4-3-5-7-12)19(24-17(11)22)14-9-8-13(20)10-15(14)21(2)18(19)23/h3-10,16H,1H2,2H3/t16-,19-/m0/s1. The Balaban J connectivity index is 2.01. The lowest BCUT2D eigenvalue weighted by Gasteiger charge is -2.28. The van der Waals surface area contributed by atoms with Crippen LogP contribution in [0.2, 0.25) is 5.02 Å². The van der Waals surface area contributed by atoms with Gasteiger partial charge in [-0.05, 0) is 17.7 Å². The van der Waals surface area contributed by atoms with Crippen molar-refractivity contribution in [2.45, 2.75) is 11.5 Å². The van der Waals surface area contributed by atoms with Crippen LogP contribution in [0.3, 0.4) is 0 Å². The van der Waals surface area contributed by atoms with Gasteiger partial charge in [-0.1, -0.05) is 54.6 Å². The largest absolute Gasteiger partial charge is 0.439 e. The third kappa shape index (κ3) is 1.74. The molecule has 0 saturated carbocycles. The first-order valence-electron chi connectivity index (χ1n) is 7.52. The van der Waals surface area contributed by atoms with E-state index in [9.17, 15) is 9.59 Å². The van der Waals surface area contributed by atoms with Crippen molar-refractivity contribution < 1.29 is 14.3 Å². The second-order valence-corrected chi connectivity index (χ2v) is 6.46. The van der Waals surface area contributed by atoms with Crippen LogP contribution in [-0.2, 0) is 19.9 Å². The summed E-state index contributed by atoms with van der Waals surface area (Å²) in [5.74, 6) is -1.41. The molecule has 1 amide bonds. The molecule has 4 nitrogen and oxygen atoms in total. The van der Waals surface area contributed by atoms with Crippen LogP contribution in [-0.4, -0.2) is 18.9 Å². The quantitative estimate of drug-likeness (QED) is 0.591. The van der Waals surface area contributed by atoms with E-state index >= 15 is 0 Å². The summed E-state index contributed by atoms with van der Waals surface area (Å²) in [5, 5.41) is 0.518. The predicted octanol–water partition coefficient (Wildman–Crippen LogP) is 3.41. The van der Waals surface area contributed by atoms with E-state index in [0.29, 0.717) is 16.3 Å². The van der Waals surface area contributed by atoms with E-state index in [-0.39, 0.29) is 11.5 Å². The van der Waals surface area contributed by atoms with Gasteiger partial charge in [-0.25, -0.2) is 4.79 Å². The van der Waals surface area contributed by atoms with Crippen molar-refractivity contribution in [2.75, 3.05) is 11.9 Å². The lowest BCUT2D eigenvalue weighted by atomic mass is 9.76. The van der Waals surface area contributed by atoms with E-state index in [1.807, 2.05) is 30.3 Å². The predicted molar refractivity (Wildman–Crippen MR) is 91.0 cm³/mol. The number of hydrogen-bond acceptors (Lipinski definition) is 3. The number of halogens is 1. The minimum Gasteiger partial charge on any atom is -0.439 e. The molecule has 0 N–H and O–H groups in total. The molecular formula is C19H14ClNO3. The molecule has 2 atom stereocenters. The average molecular weight is 340 g/mol. The highest BCUT2D eigenvalue weighted by Gasteiger charge is 2.64. The van der Waals surface area contributed by atoms with Crippen LogP contribution in [0.4, 0.5) is 5.69 Å². The van der Waals surface area contributed by atoms with Gasteiger partial charge in [-0.2, -0.15) is 0 Å². The van der Waals surface area contributed by atoms with Gasteiger partial charge in [0.15, 0.2) is 0 Å². The molecule has 2 aliphatic heterocycles. The highest BCUT2D eigenvalue weighted by atomic mass is 35.5. The summed E-state index contributed by atoms with van der Waals surface area (Å²) in [6, 6.07) is 14.5. The smallest absolute Gasteiger partial charge is 0.335 e. The first-order valence-corrected chi connectivity index (χ1v) is 7.90. The van der Waals surface area contributed by atoms with Crippen molar-refractivity contribution in [1.29, 1.82) is 0 Å². The van der Waals surface area contributed by atoms with Crippen molar-refractivity contribution in [1.82, 2.24) is 0 Å². The van der Waals surface area contributed by atoms with Crippen LogP contribution in [0.1, 0.15) is 17.0 Å². The number of hydrogen-bond donors (Lipinski definition) is 0. The SMILES string of the molecule is C=C1C(=O)O[C@]2(C(=O)N(C)c3cc(Cl)ccc32)[C@@H]1c1ccccc1. The van der Waals surface area contributed by atoms with Gasteiger partial charge in [0.1, 0.15) is 0 Å². The number of fused-ring (bicyclic) bond motifs is 2. The molecule has 1 spiro atoms. The van der Waals surface area contributed by atoms with Crippen LogP contribution < -0.4 is 4.90 Å². The molecule has 2 heterocycles. The Hall–Kier alpha value is -2.59. The van der Waals surface area contributed by atoms with Crippen LogP contribution >= 0.6 is 11.6 Å². The Kier molecular flexibility index (Phi) is 3.09. The lowest BCUT2D eigenvalue weighted by Crippen LogP contribution is -2.42. The monoisotopic (exact) mass is 339 g/mol. The summed E-state index contributed by atoms with van der Waals surface area (Å²) in [6.07, 6.45) is 0. The van der Waals surface area contributed by atoms with Crippen LogP contribution in [0.5, 0.6) is 0 Å². The topological polar surface area (TPSA) is 46.6 Å². The van der Waals surface area contributed by atoms with Crippen molar-refractivity contribution in [3.05, 3.63) is 76.8 Å². The Morgan fingerprint density at radius 1 is 1.17 bits per heavy atom. The molecule has 1 saturated heterocycles. The summed E-state index contributed by atoms with van der Waals surface area (Å²) in [5.41, 5.74) is 0.976. The summed E-state index contributed by atoms with van der Waals surface area (Å²) in [4.78, 5) is 27.0. The molecular weight excluding hydrogens is 326 g/mol. The number of nitrogens with zero attached hydrogens (tertiary/aromatic N) is 1. The molecule has 0 aliphatic carbocycles. The van der Waals surface area contributed by atoms with Gasteiger partial charge < -0.3 is 9.64 Å². The van der Waals surface area contributed by atoms with Crippen LogP contribution in [0.25, 0.3) is 0 Å². The van der Waals surface area contributed by atoms with Gasteiger partial charge in [0.05, 0.1) is 11.6 Å². The first kappa shape index (κ1) is 15.0. The third-order valence-electron chi connectivity index (χ3n) is 4.75. The van der Waals surface area contributed by atoms with E-state index in [2.05, 4.69) is 6.58 Å². The molecule has 0 radical (unpaired) electrons. The molecule has 0 bridgehead atoms. The third-order valence-corrected chi connectivity index (χ3v) is 4.98. The molecule has 24 heavy (non-hydrogen) atoms. The molecule has 5 heteroatoms. The lowest BCUT2D eigenvalue weighted by molar-refractivity contribution is -0.157. The molecule has 1 fully saturated rings. The number of carbonyl (C=O) groups is 2. The van der Waals surface area contributed by atoms with E-state index in [0.717, 1.165) is 5.56 Å². The number of amides is 1. The van der Waals surface area contributed by atoms with Gasteiger partial charge in [0.25, 0.3) is 5.91 Å². The Morgan fingerprint density at radius 2 is 1.88 bits per heavy atom. The fourth-order valence-corrected chi connectivity index (χ4v) is 3.83. The fraction of sp³-hybridized carbons (Fsp3) is 0.158. The summed E-state index contributed by atoms with van der Waals surface area (Å²) < 4.78 is 5.67. The molecule has 2 aromatic rings. The zero-order valence-electron chi connectivity index (χ0n) is 13.0. The van der Waals surface area contributed by atoms with Gasteiger partial charge in [-0.15, -0.1) is 0 Å². The van der Waals surface area contributed by atoms with E-state index in [1.54, 1.807) is 25.2 Å². The minimum absolute atomic E-state index is 0.283. The van der Waals surface area contributed by atoms with Gasteiger partial charge in [0, 0.05) is 23.2 Å². The zero-order valence-corrected chi connectivity index (χ0v) is 13.7. The average Bonchev–Trinajstić information content (AvgIpc) is 2.96. The first-order chi connectivity index (χ1) is 11.5. The van der Waals surface area contributed by atoms with Crippen molar-refractivity contribution >= 4 is 29.2 Å². The van der Waals surface area contributed by atoms with Gasteiger partial charge in [0.2, 0.25) is 5.60 Å². The van der Waals surface area contributed by atoms with E-state index in [4.69, 9.17) is 16.3 Å². The van der Waals surface area contributed by atoms with Crippen molar-refractivity contribution in [3.63, 3.8) is 0 Å². The Labute approximate surface area is 144 Å². The molecule has 4 rings (SSSR count). The number of benzene rings is 2. The number of rotatable bonds is 1. The normalized spacial score (nSPS) is 25.3. The molecule has 2 aromatic carbocycles. The summed E-state index contributed by atoms with van der Waals surface area (Å²) >= 11 is 6.08. The van der Waals surface area contributed by atoms with Gasteiger partial charge in [-0.3, -0.25) is 4.79 Å². The maximum absolute atomic E-state index is 13.1. The van der Waals surface area contributed by atoms with E-state index in [1.165, 1.54) is 4.90 Å². The van der Waals surface area contributed by atoms with Gasteiger partial charge >= 0.3 is 5.97 Å². The highest BCUT2D eigenvalue weighted by Crippen LogP contribution is 2.56. The molecule has 0 aromatic heterocycles. The Morgan fingerprint density at radius 3 is 2.58 bits per heavy atom. The minimum atomic E-state index is -1.41. The summed E-state index contributed by atoms with van der Waals surface area (Å²) in [7, 11) is 1.66. The maximum atomic E-state index is 13.1. The number of anilines is 1. The van der Waals surface area contributed by atoms with Crippen molar-refractivity contribution in [3.8, 4) is 0 Å². The molecule has 120 valence electrons. The Bertz CT molecular complexity index is 893.